The first-order valence-electron chi connectivity index (χ1n) is 13.7. The number of urea groups is 1. The Bertz CT molecular complexity index is 795. The summed E-state index contributed by atoms with van der Waals surface area (Å²) in [6.45, 7) is 13.5. The number of aliphatic hydroxyl groups is 1. The highest BCUT2D eigenvalue weighted by Gasteiger charge is 2.45. The van der Waals surface area contributed by atoms with Crippen LogP contribution in [0.3, 0.4) is 0 Å². The summed E-state index contributed by atoms with van der Waals surface area (Å²) in [6.07, 6.45) is 4.64. The molecule has 9 nitrogen and oxygen atoms in total. The molecule has 0 aromatic carbocycles. The summed E-state index contributed by atoms with van der Waals surface area (Å²) < 4.78 is 0. The number of carbonyl (C=O) groups excluding carboxylic acids is 4. The Hall–Kier alpha value is -2.16. The number of Topliss-reactive ketones (excluding diaryl/α,β-unsaturated/α-hetero) is 1. The van der Waals surface area contributed by atoms with Crippen molar-refractivity contribution in [2.75, 3.05) is 26.2 Å². The highest BCUT2D eigenvalue weighted by Crippen LogP contribution is 2.33. The van der Waals surface area contributed by atoms with E-state index >= 15 is 0 Å². The van der Waals surface area contributed by atoms with Crippen LogP contribution in [0.2, 0.25) is 0 Å². The molecule has 2 saturated heterocycles. The lowest BCUT2D eigenvalue weighted by Gasteiger charge is -2.33. The van der Waals surface area contributed by atoms with Gasteiger partial charge in [-0.1, -0.05) is 60.8 Å². The van der Waals surface area contributed by atoms with E-state index in [0.717, 1.165) is 32.1 Å². The zero-order valence-corrected chi connectivity index (χ0v) is 23.2. The Labute approximate surface area is 216 Å². The standard InChI is InChI=1S/C27H48N4O5/c1-7-26(4,5)12-13-28-22(33)17-29-25(36)31-18-19(32)15-21(31)24(35)20-11-10-14-30(20)23(34)16-27(6,8-2)9-3/h19-21,32H,7-18H2,1-6H3,(H,28,33)(H,29,36). The van der Waals surface area contributed by atoms with E-state index < -0.39 is 24.2 Å². The highest BCUT2D eigenvalue weighted by atomic mass is 16.3. The minimum Gasteiger partial charge on any atom is -0.391 e. The lowest BCUT2D eigenvalue weighted by atomic mass is 9.81. The lowest BCUT2D eigenvalue weighted by molar-refractivity contribution is -0.140. The predicted molar refractivity (Wildman–Crippen MR) is 139 cm³/mol. The van der Waals surface area contributed by atoms with Crippen LogP contribution in [0.5, 0.6) is 0 Å². The van der Waals surface area contributed by atoms with Crippen molar-refractivity contribution in [1.29, 1.82) is 0 Å². The fraction of sp³-hybridized carbons (Fsp3) is 0.852. The molecule has 3 N–H and O–H groups in total. The van der Waals surface area contributed by atoms with Gasteiger partial charge in [0.1, 0.15) is 0 Å². The third-order valence-electron chi connectivity index (χ3n) is 8.54. The molecule has 0 radical (unpaired) electrons. The molecule has 206 valence electrons. The Morgan fingerprint density at radius 1 is 0.944 bits per heavy atom. The molecule has 2 heterocycles. The molecule has 2 rings (SSSR count). The zero-order valence-electron chi connectivity index (χ0n) is 23.2. The SMILES string of the molecule is CCC(C)(C)CCNC(=O)CNC(=O)N1CC(O)CC1C(=O)C1CCCN1C(=O)CC(C)(CC)CC. The predicted octanol–water partition coefficient (Wildman–Crippen LogP) is 2.85. The maximum Gasteiger partial charge on any atom is 0.318 e. The van der Waals surface area contributed by atoms with E-state index in [2.05, 4.69) is 52.2 Å². The van der Waals surface area contributed by atoms with Crippen molar-refractivity contribution in [3.05, 3.63) is 0 Å². The van der Waals surface area contributed by atoms with Crippen LogP contribution in [0.25, 0.3) is 0 Å². The summed E-state index contributed by atoms with van der Waals surface area (Å²) in [6, 6.07) is -1.93. The first kappa shape index (κ1) is 30.1. The van der Waals surface area contributed by atoms with E-state index in [-0.39, 0.29) is 47.9 Å². The minimum absolute atomic E-state index is 0.0190. The number of β-amino-alcohol motifs (C(OH)–C–C–N with tert-alkyl or cyclic N) is 1. The fourth-order valence-corrected chi connectivity index (χ4v) is 4.89. The van der Waals surface area contributed by atoms with Crippen LogP contribution in [0, 0.1) is 10.8 Å². The molecule has 2 fully saturated rings. The monoisotopic (exact) mass is 508 g/mol. The van der Waals surface area contributed by atoms with Gasteiger partial charge in [0.25, 0.3) is 0 Å². The average Bonchev–Trinajstić information content (AvgIpc) is 3.49. The van der Waals surface area contributed by atoms with Gasteiger partial charge in [0, 0.05) is 32.5 Å². The number of amides is 4. The van der Waals surface area contributed by atoms with Gasteiger partial charge in [0.05, 0.1) is 24.7 Å². The van der Waals surface area contributed by atoms with Crippen LogP contribution >= 0.6 is 0 Å². The molecular formula is C27H48N4O5. The van der Waals surface area contributed by atoms with Crippen LogP contribution in [0.4, 0.5) is 4.79 Å². The van der Waals surface area contributed by atoms with Gasteiger partial charge in [-0.05, 0) is 30.1 Å². The summed E-state index contributed by atoms with van der Waals surface area (Å²) in [4.78, 5) is 54.7. The first-order chi connectivity index (χ1) is 16.9. The van der Waals surface area contributed by atoms with Crippen molar-refractivity contribution in [2.24, 2.45) is 10.8 Å². The summed E-state index contributed by atoms with van der Waals surface area (Å²) in [7, 11) is 0. The second-order valence-corrected chi connectivity index (χ2v) is 11.7. The lowest BCUT2D eigenvalue weighted by Crippen LogP contribution is -2.53. The molecule has 9 heteroatoms. The number of rotatable bonds is 12. The largest absolute Gasteiger partial charge is 0.391 e. The van der Waals surface area contributed by atoms with Crippen molar-refractivity contribution in [1.82, 2.24) is 20.4 Å². The number of nitrogens with zero attached hydrogens (tertiary/aromatic N) is 2. The molecule has 3 unspecified atom stereocenters. The topological polar surface area (TPSA) is 119 Å². The number of hydrogen-bond acceptors (Lipinski definition) is 5. The molecule has 0 spiro atoms. The number of carbonyl (C=O) groups is 4. The normalized spacial score (nSPS) is 22.6. The van der Waals surface area contributed by atoms with Gasteiger partial charge >= 0.3 is 6.03 Å². The molecule has 0 aliphatic carbocycles. The van der Waals surface area contributed by atoms with Crippen molar-refractivity contribution in [2.45, 2.75) is 111 Å². The number of hydrogen-bond donors (Lipinski definition) is 3. The van der Waals surface area contributed by atoms with Gasteiger partial charge in [0.2, 0.25) is 11.8 Å². The van der Waals surface area contributed by atoms with Gasteiger partial charge in [-0.15, -0.1) is 0 Å². The molecule has 36 heavy (non-hydrogen) atoms. The molecule has 0 saturated carbocycles. The Morgan fingerprint density at radius 2 is 1.61 bits per heavy atom. The van der Waals surface area contributed by atoms with Crippen LogP contribution in [0.15, 0.2) is 0 Å². The smallest absolute Gasteiger partial charge is 0.318 e. The summed E-state index contributed by atoms with van der Waals surface area (Å²) in [5.41, 5.74) is 0.0343. The quantitative estimate of drug-likeness (QED) is 0.375. The summed E-state index contributed by atoms with van der Waals surface area (Å²) in [5.74, 6) is -0.511. The Kier molecular flexibility index (Phi) is 10.8. The van der Waals surface area contributed by atoms with E-state index in [1.807, 2.05) is 0 Å². The average molecular weight is 509 g/mol. The van der Waals surface area contributed by atoms with E-state index in [1.165, 1.54) is 4.90 Å². The molecular weight excluding hydrogens is 460 g/mol. The number of likely N-dealkylation sites (tertiary alicyclic amines) is 2. The van der Waals surface area contributed by atoms with Crippen LogP contribution in [0.1, 0.15) is 92.9 Å². The molecule has 4 amide bonds. The van der Waals surface area contributed by atoms with Crippen LogP contribution < -0.4 is 10.6 Å². The summed E-state index contributed by atoms with van der Waals surface area (Å²) >= 11 is 0. The van der Waals surface area contributed by atoms with Gasteiger partial charge in [-0.3, -0.25) is 14.4 Å². The van der Waals surface area contributed by atoms with Gasteiger partial charge in [-0.25, -0.2) is 4.79 Å². The van der Waals surface area contributed by atoms with Crippen molar-refractivity contribution < 1.29 is 24.3 Å². The van der Waals surface area contributed by atoms with Gasteiger partial charge in [-0.2, -0.15) is 0 Å². The molecule has 3 atom stereocenters. The highest BCUT2D eigenvalue weighted by molar-refractivity contribution is 5.96. The molecule has 0 bridgehead atoms. The van der Waals surface area contributed by atoms with Crippen molar-refractivity contribution in [3.63, 3.8) is 0 Å². The third-order valence-corrected chi connectivity index (χ3v) is 8.54. The van der Waals surface area contributed by atoms with E-state index in [1.54, 1.807) is 4.90 Å². The number of nitrogens with one attached hydrogen (secondary N) is 2. The first-order valence-corrected chi connectivity index (χ1v) is 13.7. The van der Waals surface area contributed by atoms with Crippen LogP contribution in [-0.4, -0.2) is 82.9 Å². The maximum absolute atomic E-state index is 13.5. The molecule has 0 aromatic heterocycles. The summed E-state index contributed by atoms with van der Waals surface area (Å²) in [5, 5.41) is 15.7. The van der Waals surface area contributed by atoms with E-state index in [9.17, 15) is 24.3 Å². The zero-order chi connectivity index (χ0) is 27.1. The van der Waals surface area contributed by atoms with Gasteiger partial charge < -0.3 is 25.5 Å². The Morgan fingerprint density at radius 3 is 2.22 bits per heavy atom. The second kappa shape index (κ2) is 12.9. The molecule has 0 aromatic rings. The minimum atomic E-state index is -0.816. The Balaban J connectivity index is 1.96. The van der Waals surface area contributed by atoms with Crippen LogP contribution in [-0.2, 0) is 14.4 Å². The number of ketones is 1. The fourth-order valence-electron chi connectivity index (χ4n) is 4.89. The second-order valence-electron chi connectivity index (χ2n) is 11.7. The third kappa shape index (κ3) is 7.92. The van der Waals surface area contributed by atoms with E-state index in [0.29, 0.717) is 25.9 Å². The van der Waals surface area contributed by atoms with Crippen molar-refractivity contribution >= 4 is 23.6 Å². The number of aliphatic hydroxyl groups excluding tert-OH is 1. The van der Waals surface area contributed by atoms with E-state index in [4.69, 9.17) is 0 Å². The van der Waals surface area contributed by atoms with Gasteiger partial charge in [0.15, 0.2) is 5.78 Å². The maximum atomic E-state index is 13.5. The molecule has 2 aliphatic rings. The molecule has 2 aliphatic heterocycles. The van der Waals surface area contributed by atoms with Crippen molar-refractivity contribution in [3.8, 4) is 0 Å².